The van der Waals surface area contributed by atoms with Gasteiger partial charge in [-0.15, -0.1) is 12.4 Å². The number of hydrogen-bond acceptors (Lipinski definition) is 6. The van der Waals surface area contributed by atoms with E-state index in [0.717, 1.165) is 19.3 Å². The van der Waals surface area contributed by atoms with E-state index in [1.807, 2.05) is 18.2 Å². The van der Waals surface area contributed by atoms with Crippen LogP contribution in [0.2, 0.25) is 0 Å². The molecule has 0 saturated heterocycles. The number of carbonyl (C=O) groups is 2. The van der Waals surface area contributed by atoms with Gasteiger partial charge in [-0.05, 0) is 74.2 Å². The normalized spacial score (nSPS) is 10.1. The van der Waals surface area contributed by atoms with Crippen LogP contribution in [-0.4, -0.2) is 31.7 Å². The summed E-state index contributed by atoms with van der Waals surface area (Å²) in [6, 6.07) is 22.1. The van der Waals surface area contributed by atoms with Gasteiger partial charge in [-0.1, -0.05) is 30.3 Å². The minimum absolute atomic E-state index is 0. The molecular formula is C27H31ClN2O5. The van der Waals surface area contributed by atoms with Gasteiger partial charge in [-0.25, -0.2) is 4.79 Å². The predicted molar refractivity (Wildman–Crippen MR) is 140 cm³/mol. The van der Waals surface area contributed by atoms with Gasteiger partial charge in [0.25, 0.3) is 5.91 Å². The maximum atomic E-state index is 12.7. The molecule has 0 aliphatic heterocycles. The molecule has 35 heavy (non-hydrogen) atoms. The van der Waals surface area contributed by atoms with E-state index in [0.29, 0.717) is 35.0 Å². The summed E-state index contributed by atoms with van der Waals surface area (Å²) >= 11 is 0. The standard InChI is InChI=1S/C27H30N2O5.ClH/c1-2-32-26(30)19-34-25-16-13-22(28)18-24(25)29-27(31)21-11-14-23(15-12-21)33-17-7-6-10-20-8-4-3-5-9-20;/h3-5,8-9,11-16,18H,2,6-7,10,17,19,28H2,1H3,(H,29,31);1H. The molecule has 8 heteroatoms. The molecule has 0 atom stereocenters. The number of hydrogen-bond donors (Lipinski definition) is 2. The second-order valence-corrected chi connectivity index (χ2v) is 7.62. The number of nitrogens with two attached hydrogens (primary N) is 1. The largest absolute Gasteiger partial charge is 0.494 e. The molecule has 1 amide bonds. The first kappa shape index (κ1) is 27.5. The summed E-state index contributed by atoms with van der Waals surface area (Å²) in [6.07, 6.45) is 3.02. The molecule has 0 aliphatic carbocycles. The topological polar surface area (TPSA) is 99.9 Å². The number of anilines is 2. The molecule has 3 aromatic rings. The Morgan fingerprint density at radius 2 is 1.66 bits per heavy atom. The summed E-state index contributed by atoms with van der Waals surface area (Å²) in [5.41, 5.74) is 8.45. The van der Waals surface area contributed by atoms with Crippen LogP contribution in [0.25, 0.3) is 0 Å². The van der Waals surface area contributed by atoms with Crippen LogP contribution < -0.4 is 20.5 Å². The number of halogens is 1. The summed E-state index contributed by atoms with van der Waals surface area (Å²) in [5.74, 6) is 0.206. The summed E-state index contributed by atoms with van der Waals surface area (Å²) < 4.78 is 16.1. The smallest absolute Gasteiger partial charge is 0.344 e. The van der Waals surface area contributed by atoms with Gasteiger partial charge in [0.15, 0.2) is 6.61 Å². The Bertz CT molecular complexity index is 1070. The third kappa shape index (κ3) is 9.22. The van der Waals surface area contributed by atoms with Crippen molar-refractivity contribution in [2.24, 2.45) is 0 Å². The van der Waals surface area contributed by atoms with E-state index in [2.05, 4.69) is 17.4 Å². The first-order valence-corrected chi connectivity index (χ1v) is 11.3. The number of ether oxygens (including phenoxy) is 3. The zero-order valence-corrected chi connectivity index (χ0v) is 20.5. The fraction of sp³-hybridized carbons (Fsp3) is 0.259. The number of esters is 1. The molecular weight excluding hydrogens is 468 g/mol. The lowest BCUT2D eigenvalue weighted by Gasteiger charge is -2.13. The van der Waals surface area contributed by atoms with Gasteiger partial charge in [0.2, 0.25) is 0 Å². The van der Waals surface area contributed by atoms with Gasteiger partial charge >= 0.3 is 5.97 Å². The van der Waals surface area contributed by atoms with Crippen molar-refractivity contribution in [1.82, 2.24) is 0 Å². The van der Waals surface area contributed by atoms with Crippen LogP contribution in [0.15, 0.2) is 72.8 Å². The zero-order chi connectivity index (χ0) is 24.2. The molecule has 3 N–H and O–H groups in total. The Morgan fingerprint density at radius 1 is 0.914 bits per heavy atom. The molecule has 0 aromatic heterocycles. The highest BCUT2D eigenvalue weighted by Crippen LogP contribution is 2.28. The molecule has 0 saturated carbocycles. The van der Waals surface area contributed by atoms with Gasteiger partial charge < -0.3 is 25.3 Å². The average Bonchev–Trinajstić information content (AvgIpc) is 2.84. The highest BCUT2D eigenvalue weighted by atomic mass is 35.5. The van der Waals surface area contributed by atoms with Crippen LogP contribution in [0.3, 0.4) is 0 Å². The number of benzene rings is 3. The molecule has 0 spiro atoms. The van der Waals surface area contributed by atoms with Crippen molar-refractivity contribution >= 4 is 35.7 Å². The Morgan fingerprint density at radius 3 is 2.37 bits per heavy atom. The maximum Gasteiger partial charge on any atom is 0.344 e. The Kier molecular flexibility index (Phi) is 11.4. The van der Waals surface area contributed by atoms with E-state index < -0.39 is 5.97 Å². The fourth-order valence-electron chi connectivity index (χ4n) is 3.27. The molecule has 0 fully saturated rings. The highest BCUT2D eigenvalue weighted by Gasteiger charge is 2.13. The average molecular weight is 499 g/mol. The number of amides is 1. The number of nitrogen functional groups attached to an aromatic ring is 1. The Hall–Kier alpha value is -3.71. The van der Waals surface area contributed by atoms with Crippen molar-refractivity contribution in [3.05, 3.63) is 83.9 Å². The quantitative estimate of drug-likeness (QED) is 0.200. The van der Waals surface area contributed by atoms with Gasteiger partial charge in [0, 0.05) is 11.3 Å². The van der Waals surface area contributed by atoms with Gasteiger partial charge in [-0.2, -0.15) is 0 Å². The van der Waals surface area contributed by atoms with Crippen molar-refractivity contribution in [3.63, 3.8) is 0 Å². The van der Waals surface area contributed by atoms with E-state index in [4.69, 9.17) is 19.9 Å². The lowest BCUT2D eigenvalue weighted by atomic mass is 10.1. The van der Waals surface area contributed by atoms with Crippen LogP contribution in [0.5, 0.6) is 11.5 Å². The number of unbranched alkanes of at least 4 members (excludes halogenated alkanes) is 1. The van der Waals surface area contributed by atoms with E-state index in [-0.39, 0.29) is 31.5 Å². The van der Waals surface area contributed by atoms with Crippen molar-refractivity contribution < 1.29 is 23.8 Å². The molecule has 0 aliphatic rings. The first-order chi connectivity index (χ1) is 16.5. The number of aryl methyl sites for hydroxylation is 1. The zero-order valence-electron chi connectivity index (χ0n) is 19.7. The van der Waals surface area contributed by atoms with Crippen molar-refractivity contribution in [1.29, 1.82) is 0 Å². The lowest BCUT2D eigenvalue weighted by Crippen LogP contribution is -2.17. The van der Waals surface area contributed by atoms with Crippen LogP contribution in [0, 0.1) is 0 Å². The van der Waals surface area contributed by atoms with Gasteiger partial charge in [0.05, 0.1) is 18.9 Å². The number of nitrogens with one attached hydrogen (secondary N) is 1. The number of carbonyl (C=O) groups excluding carboxylic acids is 2. The summed E-state index contributed by atoms with van der Waals surface area (Å²) in [4.78, 5) is 24.3. The van der Waals surface area contributed by atoms with Crippen LogP contribution >= 0.6 is 12.4 Å². The lowest BCUT2D eigenvalue weighted by molar-refractivity contribution is -0.145. The van der Waals surface area contributed by atoms with Crippen molar-refractivity contribution in [3.8, 4) is 11.5 Å². The fourth-order valence-corrected chi connectivity index (χ4v) is 3.27. The molecule has 7 nitrogen and oxygen atoms in total. The van der Waals surface area contributed by atoms with Crippen LogP contribution in [-0.2, 0) is 16.0 Å². The Labute approximate surface area is 212 Å². The van der Waals surface area contributed by atoms with E-state index >= 15 is 0 Å². The van der Waals surface area contributed by atoms with Gasteiger partial charge in [0.1, 0.15) is 11.5 Å². The van der Waals surface area contributed by atoms with Crippen molar-refractivity contribution in [2.75, 3.05) is 30.9 Å². The molecule has 3 rings (SSSR count). The molecule has 0 heterocycles. The Balaban J connectivity index is 0.00000432. The van der Waals surface area contributed by atoms with Crippen LogP contribution in [0.4, 0.5) is 11.4 Å². The maximum absolute atomic E-state index is 12.7. The third-order valence-corrected chi connectivity index (χ3v) is 4.99. The molecule has 186 valence electrons. The molecule has 0 radical (unpaired) electrons. The third-order valence-electron chi connectivity index (χ3n) is 4.99. The summed E-state index contributed by atoms with van der Waals surface area (Å²) in [6.45, 7) is 2.33. The first-order valence-electron chi connectivity index (χ1n) is 11.3. The van der Waals surface area contributed by atoms with Crippen LogP contribution in [0.1, 0.15) is 35.7 Å². The minimum Gasteiger partial charge on any atom is -0.494 e. The molecule has 0 bridgehead atoms. The predicted octanol–water partition coefficient (Wildman–Crippen LogP) is 5.29. The monoisotopic (exact) mass is 498 g/mol. The molecule has 0 unspecified atom stereocenters. The second-order valence-electron chi connectivity index (χ2n) is 7.62. The van der Waals surface area contributed by atoms with E-state index in [1.165, 1.54) is 5.56 Å². The number of rotatable bonds is 12. The SMILES string of the molecule is CCOC(=O)COc1ccc(N)cc1NC(=O)c1ccc(OCCCCc2ccccc2)cc1.Cl. The summed E-state index contributed by atoms with van der Waals surface area (Å²) in [7, 11) is 0. The molecule has 3 aromatic carbocycles. The van der Waals surface area contributed by atoms with E-state index in [1.54, 1.807) is 49.4 Å². The van der Waals surface area contributed by atoms with Crippen molar-refractivity contribution in [2.45, 2.75) is 26.2 Å². The van der Waals surface area contributed by atoms with E-state index in [9.17, 15) is 9.59 Å². The highest BCUT2D eigenvalue weighted by molar-refractivity contribution is 6.05. The summed E-state index contributed by atoms with van der Waals surface area (Å²) in [5, 5.41) is 2.78. The van der Waals surface area contributed by atoms with Gasteiger partial charge in [-0.3, -0.25) is 4.79 Å². The second kappa shape index (κ2) is 14.5. The minimum atomic E-state index is -0.493.